The minimum atomic E-state index is -2.88. The summed E-state index contributed by atoms with van der Waals surface area (Å²) in [5, 5.41) is 6.73. The lowest BCUT2D eigenvalue weighted by atomic mass is 10.1. The van der Waals surface area contributed by atoms with Gasteiger partial charge < -0.3 is 18.9 Å². The third-order valence-corrected chi connectivity index (χ3v) is 5.51. The molecule has 0 amide bonds. The minimum Gasteiger partial charge on any atom is -0.497 e. The van der Waals surface area contributed by atoms with Crippen molar-refractivity contribution >= 4 is 17.0 Å². The van der Waals surface area contributed by atoms with Crippen molar-refractivity contribution in [3.63, 3.8) is 0 Å². The van der Waals surface area contributed by atoms with Gasteiger partial charge in [-0.15, -0.1) is 11.3 Å². The van der Waals surface area contributed by atoms with Crippen LogP contribution in [-0.2, 0) is 4.74 Å². The monoisotopic (exact) mass is 477 g/mol. The van der Waals surface area contributed by atoms with Gasteiger partial charge in [0.05, 0.1) is 38.8 Å². The molecule has 0 saturated heterocycles. The minimum absolute atomic E-state index is 0.0863. The van der Waals surface area contributed by atoms with Gasteiger partial charge in [-0.05, 0) is 43.3 Å². The fourth-order valence-corrected chi connectivity index (χ4v) is 3.90. The highest BCUT2D eigenvalue weighted by atomic mass is 32.1. The predicted octanol–water partition coefficient (Wildman–Crippen LogP) is 4.65. The van der Waals surface area contributed by atoms with E-state index < -0.39 is 6.61 Å². The maximum absolute atomic E-state index is 12.5. The van der Waals surface area contributed by atoms with Crippen molar-refractivity contribution in [2.24, 2.45) is 10.1 Å². The zero-order chi connectivity index (χ0) is 23.8. The molecule has 1 heterocycles. The number of benzene rings is 2. The topological polar surface area (TPSA) is 66.6 Å². The Morgan fingerprint density at radius 1 is 1.03 bits per heavy atom. The Labute approximate surface area is 194 Å². The number of rotatable bonds is 10. The summed E-state index contributed by atoms with van der Waals surface area (Å²) < 4.78 is 47.0. The molecule has 0 N–H and O–H groups in total. The fourth-order valence-electron chi connectivity index (χ4n) is 3.04. The third-order valence-electron chi connectivity index (χ3n) is 4.65. The molecule has 176 valence electrons. The first-order valence-corrected chi connectivity index (χ1v) is 10.9. The fraction of sp³-hybridized carbons (Fsp3) is 0.304. The van der Waals surface area contributed by atoms with Gasteiger partial charge in [-0.3, -0.25) is 4.99 Å². The number of halogens is 2. The van der Waals surface area contributed by atoms with Gasteiger partial charge in [-0.2, -0.15) is 13.9 Å². The van der Waals surface area contributed by atoms with Gasteiger partial charge in [0.1, 0.15) is 17.2 Å². The van der Waals surface area contributed by atoms with Crippen LogP contribution >= 0.6 is 11.3 Å². The number of alkyl halides is 2. The molecule has 0 aliphatic heterocycles. The van der Waals surface area contributed by atoms with Gasteiger partial charge >= 0.3 is 6.61 Å². The van der Waals surface area contributed by atoms with Gasteiger partial charge in [0.25, 0.3) is 0 Å². The largest absolute Gasteiger partial charge is 0.497 e. The van der Waals surface area contributed by atoms with E-state index in [9.17, 15) is 8.78 Å². The Hall–Kier alpha value is -3.24. The second-order valence-electron chi connectivity index (χ2n) is 6.74. The number of ether oxygens (including phenoxy) is 4. The van der Waals surface area contributed by atoms with E-state index in [2.05, 4.69) is 9.73 Å². The first kappa shape index (κ1) is 24.4. The summed E-state index contributed by atoms with van der Waals surface area (Å²) in [5.41, 5.74) is 3.03. The van der Waals surface area contributed by atoms with Gasteiger partial charge in [0, 0.05) is 29.7 Å². The second kappa shape index (κ2) is 11.6. The van der Waals surface area contributed by atoms with Crippen LogP contribution in [0.5, 0.6) is 17.2 Å². The molecule has 0 radical (unpaired) electrons. The van der Waals surface area contributed by atoms with Crippen LogP contribution in [0.25, 0.3) is 11.3 Å². The summed E-state index contributed by atoms with van der Waals surface area (Å²) in [6.07, 6.45) is 0. The van der Waals surface area contributed by atoms with E-state index in [1.54, 1.807) is 44.2 Å². The molecule has 33 heavy (non-hydrogen) atoms. The quantitative estimate of drug-likeness (QED) is 0.315. The molecular weight excluding hydrogens is 452 g/mol. The smallest absolute Gasteiger partial charge is 0.387 e. The number of aromatic nitrogens is 1. The molecule has 0 atom stereocenters. The molecule has 0 bridgehead atoms. The van der Waals surface area contributed by atoms with Gasteiger partial charge in [-0.1, -0.05) is 0 Å². The van der Waals surface area contributed by atoms with Crippen molar-refractivity contribution in [3.8, 4) is 28.5 Å². The first-order chi connectivity index (χ1) is 16.0. The second-order valence-corrected chi connectivity index (χ2v) is 7.58. The summed E-state index contributed by atoms with van der Waals surface area (Å²) in [6, 6.07) is 11.9. The number of hydrogen-bond donors (Lipinski definition) is 0. The van der Waals surface area contributed by atoms with Crippen LogP contribution in [0.15, 0.2) is 57.9 Å². The zero-order valence-corrected chi connectivity index (χ0v) is 19.6. The van der Waals surface area contributed by atoms with Gasteiger partial charge in [-0.25, -0.2) is 4.68 Å². The number of methoxy groups -OCH3 is 3. The normalized spacial score (nSPS) is 12.3. The molecule has 7 nitrogen and oxygen atoms in total. The molecule has 0 unspecified atom stereocenters. The van der Waals surface area contributed by atoms with Gasteiger partial charge in [0.2, 0.25) is 4.80 Å². The highest BCUT2D eigenvalue weighted by molar-refractivity contribution is 7.07. The van der Waals surface area contributed by atoms with E-state index in [-0.39, 0.29) is 5.75 Å². The number of nitrogens with zero attached hydrogens (tertiary/aromatic N) is 3. The first-order valence-electron chi connectivity index (χ1n) is 10.00. The van der Waals surface area contributed by atoms with Crippen LogP contribution in [0.2, 0.25) is 0 Å². The standard InChI is InChI=1S/C23H25F2N3O4S/c1-15(19-10-9-18(30-3)13-21(19)31-4)27-28-20(14-33-23(28)26-11-12-29-2)16-5-7-17(8-6-16)32-22(24)25/h5-10,13-14,22H,11-12H2,1-4H3/b26-23?,27-15-. The summed E-state index contributed by atoms with van der Waals surface area (Å²) >= 11 is 1.42. The van der Waals surface area contributed by atoms with E-state index in [1.807, 2.05) is 24.4 Å². The van der Waals surface area contributed by atoms with Crippen LogP contribution in [0.1, 0.15) is 12.5 Å². The lowest BCUT2D eigenvalue weighted by molar-refractivity contribution is -0.0498. The third kappa shape index (κ3) is 6.17. The van der Waals surface area contributed by atoms with E-state index in [1.165, 1.54) is 23.5 Å². The van der Waals surface area contributed by atoms with Crippen molar-refractivity contribution in [1.29, 1.82) is 0 Å². The Kier molecular flexibility index (Phi) is 8.56. The SMILES string of the molecule is COCCN=c1scc(-c2ccc(OC(F)F)cc2)n1/N=C(/C)c1ccc(OC)cc1OC. The van der Waals surface area contributed by atoms with Crippen molar-refractivity contribution in [1.82, 2.24) is 4.68 Å². The molecule has 1 aromatic heterocycles. The van der Waals surface area contributed by atoms with Crippen molar-refractivity contribution in [3.05, 3.63) is 58.2 Å². The average Bonchev–Trinajstić information content (AvgIpc) is 3.21. The van der Waals surface area contributed by atoms with Crippen LogP contribution < -0.4 is 19.0 Å². The summed E-state index contributed by atoms with van der Waals surface area (Å²) in [5.74, 6) is 1.39. The Morgan fingerprint density at radius 3 is 2.39 bits per heavy atom. The summed E-state index contributed by atoms with van der Waals surface area (Å²) in [4.78, 5) is 5.26. The summed E-state index contributed by atoms with van der Waals surface area (Å²) in [7, 11) is 4.79. The maximum Gasteiger partial charge on any atom is 0.387 e. The lowest BCUT2D eigenvalue weighted by Crippen LogP contribution is -2.15. The van der Waals surface area contributed by atoms with Crippen molar-refractivity contribution in [2.75, 3.05) is 34.5 Å². The van der Waals surface area contributed by atoms with E-state index in [0.29, 0.717) is 35.2 Å². The average molecular weight is 478 g/mol. The highest BCUT2D eigenvalue weighted by Gasteiger charge is 2.13. The number of thiazole rings is 1. The molecule has 0 fully saturated rings. The maximum atomic E-state index is 12.5. The van der Waals surface area contributed by atoms with E-state index in [0.717, 1.165) is 16.8 Å². The van der Waals surface area contributed by atoms with Crippen molar-refractivity contribution < 1.29 is 27.7 Å². The molecule has 0 aliphatic rings. The molecule has 3 rings (SSSR count). The molecule has 3 aromatic rings. The molecule has 10 heteroatoms. The van der Waals surface area contributed by atoms with Crippen molar-refractivity contribution in [2.45, 2.75) is 13.5 Å². The van der Waals surface area contributed by atoms with Crippen LogP contribution in [-0.4, -0.2) is 51.5 Å². The molecule has 0 saturated carbocycles. The molecule has 0 aliphatic carbocycles. The van der Waals surface area contributed by atoms with E-state index >= 15 is 0 Å². The Bertz CT molecular complexity index is 1160. The molecule has 0 spiro atoms. The lowest BCUT2D eigenvalue weighted by Gasteiger charge is -2.11. The summed E-state index contributed by atoms with van der Waals surface area (Å²) in [6.45, 7) is -0.0584. The zero-order valence-electron chi connectivity index (χ0n) is 18.7. The Balaban J connectivity index is 2.07. The predicted molar refractivity (Wildman–Crippen MR) is 124 cm³/mol. The highest BCUT2D eigenvalue weighted by Crippen LogP contribution is 2.27. The molecule has 2 aromatic carbocycles. The van der Waals surface area contributed by atoms with Gasteiger partial charge in [0.15, 0.2) is 0 Å². The van der Waals surface area contributed by atoms with Crippen LogP contribution in [0.4, 0.5) is 8.78 Å². The van der Waals surface area contributed by atoms with Crippen LogP contribution in [0, 0.1) is 0 Å². The van der Waals surface area contributed by atoms with Crippen LogP contribution in [0.3, 0.4) is 0 Å². The van der Waals surface area contributed by atoms with E-state index in [4.69, 9.17) is 19.3 Å². The molecular formula is C23H25F2N3O4S. The Morgan fingerprint density at radius 2 is 1.76 bits per heavy atom. The number of hydrogen-bond acceptors (Lipinski definition) is 7.